The molecule has 1 atom stereocenters. The summed E-state index contributed by atoms with van der Waals surface area (Å²) in [5, 5.41) is 2.80. The number of hydrogen-bond donors (Lipinski definition) is 0. The van der Waals surface area contributed by atoms with Gasteiger partial charge in [-0.1, -0.05) is 72.8 Å². The number of para-hydroxylation sites is 1. The van der Waals surface area contributed by atoms with E-state index in [2.05, 4.69) is 0 Å². The molecule has 0 bridgehead atoms. The lowest BCUT2D eigenvalue weighted by molar-refractivity contribution is 0.0996. The Morgan fingerprint density at radius 3 is 2.36 bits per heavy atom. The van der Waals surface area contributed by atoms with Gasteiger partial charge in [0.05, 0.1) is 10.8 Å². The highest BCUT2D eigenvalue weighted by Gasteiger charge is 2.44. The van der Waals surface area contributed by atoms with Crippen molar-refractivity contribution in [2.45, 2.75) is 6.73 Å². The lowest BCUT2D eigenvalue weighted by atomic mass is 10.1. The lowest BCUT2D eigenvalue weighted by Crippen LogP contribution is -2.37. The minimum atomic E-state index is -3.23. The summed E-state index contributed by atoms with van der Waals surface area (Å²) in [6.45, 7) is 0.221. The van der Waals surface area contributed by atoms with Crippen LogP contribution in [0.2, 0.25) is 0 Å². The molecule has 0 fully saturated rings. The molecule has 4 aromatic rings. The van der Waals surface area contributed by atoms with Crippen LogP contribution in [0.25, 0.3) is 10.9 Å². The molecule has 0 spiro atoms. The van der Waals surface area contributed by atoms with Crippen molar-refractivity contribution in [3.8, 4) is 0 Å². The molecule has 138 valence electrons. The first kappa shape index (κ1) is 17.2. The monoisotopic (exact) mass is 387 g/mol. The minimum Gasteiger partial charge on any atom is -0.364 e. The summed E-state index contributed by atoms with van der Waals surface area (Å²) in [6.07, 6.45) is 0. The summed E-state index contributed by atoms with van der Waals surface area (Å²) in [6, 6.07) is 24.5. The van der Waals surface area contributed by atoms with E-state index in [1.165, 1.54) is 0 Å². The van der Waals surface area contributed by atoms with Crippen molar-refractivity contribution in [3.63, 3.8) is 0 Å². The van der Waals surface area contributed by atoms with Crippen molar-refractivity contribution in [3.05, 3.63) is 90.1 Å². The summed E-state index contributed by atoms with van der Waals surface area (Å²) in [5.41, 5.74) is 1.82. The minimum absolute atomic E-state index is 0.110. The predicted molar refractivity (Wildman–Crippen MR) is 112 cm³/mol. The van der Waals surface area contributed by atoms with Gasteiger partial charge in [-0.25, -0.2) is 0 Å². The van der Waals surface area contributed by atoms with E-state index in [1.807, 2.05) is 77.4 Å². The zero-order valence-electron chi connectivity index (χ0n) is 15.3. The molecule has 1 aromatic heterocycles. The van der Waals surface area contributed by atoms with Crippen LogP contribution in [-0.4, -0.2) is 17.5 Å². The van der Waals surface area contributed by atoms with Gasteiger partial charge < -0.3 is 13.9 Å². The number of benzene rings is 3. The SMILES string of the molecule is COCn1c2c(c3ccccc31)P(=O)(c1ccccc1)c1ccccc1C2=O. The zero-order chi connectivity index (χ0) is 19.3. The van der Waals surface area contributed by atoms with Crippen LogP contribution in [0.5, 0.6) is 0 Å². The van der Waals surface area contributed by atoms with Crippen LogP contribution in [0, 0.1) is 0 Å². The average molecular weight is 387 g/mol. The van der Waals surface area contributed by atoms with E-state index in [4.69, 9.17) is 4.74 Å². The molecule has 2 heterocycles. The third-order valence-corrected chi connectivity index (χ3v) is 8.52. The van der Waals surface area contributed by atoms with Gasteiger partial charge in [0.15, 0.2) is 7.14 Å². The van der Waals surface area contributed by atoms with Crippen LogP contribution >= 0.6 is 7.14 Å². The highest BCUT2D eigenvalue weighted by atomic mass is 31.2. The van der Waals surface area contributed by atoms with Crippen molar-refractivity contribution in [1.29, 1.82) is 0 Å². The largest absolute Gasteiger partial charge is 0.364 e. The van der Waals surface area contributed by atoms with Crippen molar-refractivity contribution < 1.29 is 14.1 Å². The number of carbonyl (C=O) groups is 1. The average Bonchev–Trinajstić information content (AvgIpc) is 3.08. The zero-order valence-corrected chi connectivity index (χ0v) is 16.2. The summed E-state index contributed by atoms with van der Waals surface area (Å²) >= 11 is 0. The van der Waals surface area contributed by atoms with Crippen molar-refractivity contribution in [1.82, 2.24) is 4.57 Å². The van der Waals surface area contributed by atoms with Gasteiger partial charge in [-0.05, 0) is 6.07 Å². The van der Waals surface area contributed by atoms with Crippen LogP contribution < -0.4 is 15.9 Å². The maximum absolute atomic E-state index is 14.9. The van der Waals surface area contributed by atoms with E-state index in [9.17, 15) is 9.36 Å². The number of nitrogens with zero attached hydrogens (tertiary/aromatic N) is 1. The Labute approximate surface area is 162 Å². The molecule has 0 aliphatic carbocycles. The molecule has 0 N–H and O–H groups in total. The molecular weight excluding hydrogens is 369 g/mol. The summed E-state index contributed by atoms with van der Waals surface area (Å²) in [7, 11) is -1.63. The van der Waals surface area contributed by atoms with Crippen LogP contribution in [-0.2, 0) is 16.0 Å². The molecule has 5 heteroatoms. The first-order chi connectivity index (χ1) is 13.7. The highest BCUT2D eigenvalue weighted by Crippen LogP contribution is 2.50. The summed E-state index contributed by atoms with van der Waals surface area (Å²) < 4.78 is 22.1. The second-order valence-electron chi connectivity index (χ2n) is 6.85. The van der Waals surface area contributed by atoms with Crippen molar-refractivity contribution in [2.75, 3.05) is 7.11 Å². The summed E-state index contributed by atoms with van der Waals surface area (Å²) in [4.78, 5) is 13.5. The lowest BCUT2D eigenvalue weighted by Gasteiger charge is -2.27. The first-order valence-electron chi connectivity index (χ1n) is 9.08. The molecule has 1 aliphatic heterocycles. The maximum Gasteiger partial charge on any atom is 0.211 e. The van der Waals surface area contributed by atoms with Gasteiger partial charge in [-0.15, -0.1) is 0 Å². The predicted octanol–water partition coefficient (Wildman–Crippen LogP) is 3.43. The first-order valence-corrected chi connectivity index (χ1v) is 10.8. The van der Waals surface area contributed by atoms with Gasteiger partial charge in [0, 0.05) is 28.7 Å². The third kappa shape index (κ3) is 2.16. The van der Waals surface area contributed by atoms with Crippen molar-refractivity contribution >= 4 is 39.7 Å². The Morgan fingerprint density at radius 1 is 0.893 bits per heavy atom. The molecular formula is C23H18NO3P. The quantitative estimate of drug-likeness (QED) is 0.446. The van der Waals surface area contributed by atoms with Gasteiger partial charge in [0.25, 0.3) is 0 Å². The topological polar surface area (TPSA) is 48.3 Å². The van der Waals surface area contributed by atoms with Gasteiger partial charge >= 0.3 is 0 Å². The molecule has 1 unspecified atom stereocenters. The molecule has 0 saturated heterocycles. The van der Waals surface area contributed by atoms with E-state index in [-0.39, 0.29) is 12.5 Å². The number of rotatable bonds is 3. The number of ketones is 1. The Bertz CT molecular complexity index is 1270. The molecule has 1 aliphatic rings. The fourth-order valence-electron chi connectivity index (χ4n) is 4.19. The Kier molecular flexibility index (Phi) is 3.87. The normalized spacial score (nSPS) is 18.1. The number of carbonyl (C=O) groups excluding carboxylic acids is 1. The fourth-order valence-corrected chi connectivity index (χ4v) is 7.42. The van der Waals surface area contributed by atoms with Crippen LogP contribution in [0.3, 0.4) is 0 Å². The van der Waals surface area contributed by atoms with E-state index in [1.54, 1.807) is 13.2 Å². The van der Waals surface area contributed by atoms with Crippen LogP contribution in [0.4, 0.5) is 0 Å². The van der Waals surface area contributed by atoms with E-state index in [0.29, 0.717) is 21.9 Å². The Morgan fingerprint density at radius 2 is 1.57 bits per heavy atom. The Balaban J connectivity index is 2.00. The van der Waals surface area contributed by atoms with Gasteiger partial charge in [0.2, 0.25) is 5.78 Å². The van der Waals surface area contributed by atoms with Crippen LogP contribution in [0.15, 0.2) is 78.9 Å². The molecule has 28 heavy (non-hydrogen) atoms. The number of hydrogen-bond acceptors (Lipinski definition) is 3. The number of ether oxygens (including phenoxy) is 1. The molecule has 4 nitrogen and oxygen atoms in total. The summed E-state index contributed by atoms with van der Waals surface area (Å²) in [5.74, 6) is -0.110. The van der Waals surface area contributed by atoms with E-state index >= 15 is 0 Å². The highest BCUT2D eigenvalue weighted by molar-refractivity contribution is 7.86. The molecule has 0 radical (unpaired) electrons. The number of methoxy groups -OCH3 is 1. The van der Waals surface area contributed by atoms with E-state index < -0.39 is 7.14 Å². The molecule has 5 rings (SSSR count). The van der Waals surface area contributed by atoms with Crippen LogP contribution in [0.1, 0.15) is 16.1 Å². The standard InChI is InChI=1S/C23H18NO3P/c1-27-15-24-19-13-7-5-11-17(19)23-21(24)22(25)18-12-6-8-14-20(18)28(23,26)16-9-3-2-4-10-16/h2-14H,15H2,1H3. The number of aromatic nitrogens is 1. The van der Waals surface area contributed by atoms with Gasteiger partial charge in [-0.2, -0.15) is 0 Å². The Hall–Kier alpha value is -2.94. The fraction of sp³-hybridized carbons (Fsp3) is 0.0870. The number of fused-ring (bicyclic) bond motifs is 4. The third-order valence-electron chi connectivity index (χ3n) is 5.34. The van der Waals surface area contributed by atoms with Gasteiger partial charge in [-0.3, -0.25) is 4.79 Å². The maximum atomic E-state index is 14.9. The van der Waals surface area contributed by atoms with Gasteiger partial charge in [0.1, 0.15) is 12.4 Å². The second kappa shape index (κ2) is 6.30. The molecule has 0 saturated carbocycles. The van der Waals surface area contributed by atoms with Crippen molar-refractivity contribution in [2.24, 2.45) is 0 Å². The molecule has 0 amide bonds. The molecule has 3 aromatic carbocycles. The smallest absolute Gasteiger partial charge is 0.211 e. The second-order valence-corrected chi connectivity index (χ2v) is 9.52. The van der Waals surface area contributed by atoms with E-state index in [0.717, 1.165) is 16.2 Å².